The number of hydrogen-bond donors (Lipinski definition) is 0. The molecule has 0 radical (unpaired) electrons. The molecule has 140 valence electrons. The molecule has 3 rings (SSSR count). The molecule has 0 saturated carbocycles. The molecule has 0 aromatic heterocycles. The van der Waals surface area contributed by atoms with Gasteiger partial charge < -0.3 is 4.74 Å². The number of fused-ring (bicyclic) bond motifs is 1. The number of ether oxygens (including phenoxy) is 1. The van der Waals surface area contributed by atoms with Crippen molar-refractivity contribution in [2.75, 3.05) is 13.4 Å². The van der Waals surface area contributed by atoms with E-state index in [1.54, 1.807) is 30.3 Å². The monoisotopic (exact) mass is 386 g/mol. The number of carbonyl (C=O) groups excluding carboxylic acids is 1. The topological polar surface area (TPSA) is 60.4 Å². The molecule has 0 spiro atoms. The molecule has 0 aliphatic heterocycles. The van der Waals surface area contributed by atoms with Gasteiger partial charge in [0.2, 0.25) is 0 Å². The third-order valence-electron chi connectivity index (χ3n) is 4.62. The van der Waals surface area contributed by atoms with E-state index in [0.29, 0.717) is 5.56 Å². The van der Waals surface area contributed by atoms with Crippen LogP contribution in [0.4, 0.5) is 4.39 Å². The number of esters is 1. The second-order valence-corrected chi connectivity index (χ2v) is 8.46. The van der Waals surface area contributed by atoms with Crippen LogP contribution < -0.4 is 0 Å². The molecule has 0 amide bonds. The molecule has 4 nitrogen and oxygen atoms in total. The third kappa shape index (κ3) is 3.85. The van der Waals surface area contributed by atoms with Crippen LogP contribution in [0, 0.1) is 5.82 Å². The highest BCUT2D eigenvalue weighted by atomic mass is 32.2. The van der Waals surface area contributed by atoms with E-state index in [0.717, 1.165) is 34.1 Å². The minimum atomic E-state index is -3.26. The maximum absolute atomic E-state index is 13.8. The number of halogens is 1. The summed E-state index contributed by atoms with van der Waals surface area (Å²) in [5.74, 6) is -0.763. The lowest BCUT2D eigenvalue weighted by molar-refractivity contribution is -0.139. The van der Waals surface area contributed by atoms with Crippen LogP contribution >= 0.6 is 0 Å². The number of allylic oxidation sites excluding steroid dienone is 2. The number of methoxy groups -OCH3 is 1. The van der Waals surface area contributed by atoms with Crippen LogP contribution in [-0.2, 0) is 19.4 Å². The van der Waals surface area contributed by atoms with Crippen LogP contribution in [0.15, 0.2) is 52.9 Å². The van der Waals surface area contributed by atoms with E-state index >= 15 is 0 Å². The third-order valence-corrected chi connectivity index (χ3v) is 5.75. The summed E-state index contributed by atoms with van der Waals surface area (Å²) in [5.41, 5.74) is 4.79. The van der Waals surface area contributed by atoms with Crippen molar-refractivity contribution in [3.63, 3.8) is 0 Å². The normalized spacial score (nSPS) is 15.2. The molecular weight excluding hydrogens is 367 g/mol. The molecular formula is C21H19FO4S. The standard InChI is InChI=1S/C21H19FO4S/c1-13-18(10-14-4-7-16(8-5-14)27(3,24)25)17-9-6-15(22)11-20(17)19(13)12-21(23)26-2/h4-11H,12H2,1-3H3/b18-10-. The lowest BCUT2D eigenvalue weighted by atomic mass is 10.0. The first-order valence-electron chi connectivity index (χ1n) is 8.30. The Morgan fingerprint density at radius 1 is 1.11 bits per heavy atom. The molecule has 6 heteroatoms. The van der Waals surface area contributed by atoms with Gasteiger partial charge in [-0.1, -0.05) is 18.2 Å². The number of rotatable bonds is 4. The maximum Gasteiger partial charge on any atom is 0.310 e. The van der Waals surface area contributed by atoms with Crippen molar-refractivity contribution in [1.82, 2.24) is 0 Å². The Hall–Kier alpha value is -2.73. The Labute approximate surface area is 157 Å². The van der Waals surface area contributed by atoms with Gasteiger partial charge in [0.05, 0.1) is 18.4 Å². The summed E-state index contributed by atoms with van der Waals surface area (Å²) in [7, 11) is -1.94. The summed E-state index contributed by atoms with van der Waals surface area (Å²) >= 11 is 0. The molecule has 27 heavy (non-hydrogen) atoms. The van der Waals surface area contributed by atoms with Crippen molar-refractivity contribution in [1.29, 1.82) is 0 Å². The molecule has 0 fully saturated rings. The predicted molar refractivity (Wildman–Crippen MR) is 103 cm³/mol. The molecule has 0 unspecified atom stereocenters. The van der Waals surface area contributed by atoms with Gasteiger partial charge in [-0.05, 0) is 70.7 Å². The summed E-state index contributed by atoms with van der Waals surface area (Å²) < 4.78 is 41.8. The van der Waals surface area contributed by atoms with Crippen LogP contribution in [0.2, 0.25) is 0 Å². The van der Waals surface area contributed by atoms with Crippen molar-refractivity contribution in [2.24, 2.45) is 0 Å². The molecule has 1 aliphatic rings. The fourth-order valence-electron chi connectivity index (χ4n) is 3.18. The highest BCUT2D eigenvalue weighted by molar-refractivity contribution is 7.90. The Balaban J connectivity index is 2.09. The summed E-state index contributed by atoms with van der Waals surface area (Å²) in [4.78, 5) is 12.0. The highest BCUT2D eigenvalue weighted by Crippen LogP contribution is 2.43. The SMILES string of the molecule is COC(=O)CC1=C(C)/C(=C/c2ccc(S(C)(=O)=O)cc2)c2ccc(F)cc21. The zero-order valence-electron chi connectivity index (χ0n) is 15.2. The van der Waals surface area contributed by atoms with Gasteiger partial charge in [0.1, 0.15) is 5.82 Å². The second kappa shape index (κ2) is 7.12. The van der Waals surface area contributed by atoms with Crippen LogP contribution in [0.5, 0.6) is 0 Å². The van der Waals surface area contributed by atoms with Crippen molar-refractivity contribution in [3.8, 4) is 0 Å². The lowest BCUT2D eigenvalue weighted by Gasteiger charge is -2.05. The van der Waals surface area contributed by atoms with Gasteiger partial charge in [-0.25, -0.2) is 12.8 Å². The second-order valence-electron chi connectivity index (χ2n) is 6.45. The quantitative estimate of drug-likeness (QED) is 0.742. The smallest absolute Gasteiger partial charge is 0.310 e. The average molecular weight is 386 g/mol. The average Bonchev–Trinajstić information content (AvgIpc) is 2.86. The highest BCUT2D eigenvalue weighted by Gasteiger charge is 2.26. The Kier molecular flexibility index (Phi) is 5.02. The lowest BCUT2D eigenvalue weighted by Crippen LogP contribution is -2.01. The minimum absolute atomic E-state index is 0.0587. The zero-order valence-corrected chi connectivity index (χ0v) is 16.1. The Bertz CT molecular complexity index is 1080. The number of hydrogen-bond acceptors (Lipinski definition) is 4. The number of carbonyl (C=O) groups is 1. The van der Waals surface area contributed by atoms with Crippen molar-refractivity contribution in [2.45, 2.75) is 18.2 Å². The van der Waals surface area contributed by atoms with E-state index < -0.39 is 15.8 Å². The summed E-state index contributed by atoms with van der Waals surface area (Å²) in [6.45, 7) is 1.88. The van der Waals surface area contributed by atoms with E-state index in [2.05, 4.69) is 0 Å². The first-order valence-corrected chi connectivity index (χ1v) is 10.2. The van der Waals surface area contributed by atoms with Gasteiger partial charge in [-0.2, -0.15) is 0 Å². The largest absolute Gasteiger partial charge is 0.469 e. The first kappa shape index (κ1) is 19.0. The summed E-state index contributed by atoms with van der Waals surface area (Å²) in [5, 5.41) is 0. The molecule has 2 aromatic carbocycles. The van der Waals surface area contributed by atoms with E-state index in [9.17, 15) is 17.6 Å². The Morgan fingerprint density at radius 2 is 1.78 bits per heavy atom. The van der Waals surface area contributed by atoms with Crippen molar-refractivity contribution < 1.29 is 22.3 Å². The molecule has 0 atom stereocenters. The van der Waals surface area contributed by atoms with Crippen LogP contribution in [0.25, 0.3) is 17.2 Å². The molecule has 1 aliphatic carbocycles. The summed E-state index contributed by atoms with van der Waals surface area (Å²) in [6.07, 6.45) is 3.12. The minimum Gasteiger partial charge on any atom is -0.469 e. The van der Waals surface area contributed by atoms with Gasteiger partial charge in [0, 0.05) is 6.26 Å². The number of benzene rings is 2. The van der Waals surface area contributed by atoms with E-state index in [1.807, 2.05) is 13.0 Å². The molecule has 0 saturated heterocycles. The predicted octanol–water partition coefficient (Wildman–Crippen LogP) is 4.12. The van der Waals surface area contributed by atoms with Crippen molar-refractivity contribution >= 4 is 33.0 Å². The fourth-order valence-corrected chi connectivity index (χ4v) is 3.81. The molecule has 0 bridgehead atoms. The molecule has 0 heterocycles. The van der Waals surface area contributed by atoms with Gasteiger partial charge in [0.15, 0.2) is 9.84 Å². The summed E-state index contributed by atoms with van der Waals surface area (Å²) in [6, 6.07) is 11.0. The van der Waals surface area contributed by atoms with E-state index in [1.165, 1.54) is 19.2 Å². The number of sulfone groups is 1. The van der Waals surface area contributed by atoms with Crippen LogP contribution in [0.1, 0.15) is 30.0 Å². The van der Waals surface area contributed by atoms with E-state index in [-0.39, 0.29) is 17.1 Å². The Morgan fingerprint density at radius 3 is 2.37 bits per heavy atom. The first-order chi connectivity index (χ1) is 12.7. The van der Waals surface area contributed by atoms with Crippen LogP contribution in [-0.4, -0.2) is 27.8 Å². The van der Waals surface area contributed by atoms with Gasteiger partial charge in [0.25, 0.3) is 0 Å². The van der Waals surface area contributed by atoms with Crippen molar-refractivity contribution in [3.05, 3.63) is 70.5 Å². The molecule has 2 aromatic rings. The fraction of sp³-hybridized carbons (Fsp3) is 0.190. The van der Waals surface area contributed by atoms with Gasteiger partial charge >= 0.3 is 5.97 Å². The van der Waals surface area contributed by atoms with Gasteiger partial charge in [-0.3, -0.25) is 4.79 Å². The van der Waals surface area contributed by atoms with Crippen LogP contribution in [0.3, 0.4) is 0 Å². The van der Waals surface area contributed by atoms with E-state index in [4.69, 9.17) is 4.74 Å². The molecule has 0 N–H and O–H groups in total. The zero-order chi connectivity index (χ0) is 19.8. The van der Waals surface area contributed by atoms with Gasteiger partial charge in [-0.15, -0.1) is 0 Å². The maximum atomic E-state index is 13.8.